The molecule has 4 rings (SSSR count). The average Bonchev–Trinajstić information content (AvgIpc) is 3.27. The zero-order chi connectivity index (χ0) is 19.0. The first-order chi connectivity index (χ1) is 12.9. The summed E-state index contributed by atoms with van der Waals surface area (Å²) in [4.78, 5) is 14.5. The highest BCUT2D eigenvalue weighted by atomic mass is 19.4. The SMILES string of the molecule is O=C(c1cn(-c2cccc(C(F)(F)F)c2)nn1)N1CC[C@@H]2CNC[C@@H]2CC1. The number of carbonyl (C=O) groups excluding carboxylic acids is 1. The third kappa shape index (κ3) is 3.69. The Kier molecular flexibility index (Phi) is 4.63. The van der Waals surface area contributed by atoms with Crippen LogP contribution in [0, 0.1) is 11.8 Å². The molecule has 0 aliphatic carbocycles. The molecule has 27 heavy (non-hydrogen) atoms. The van der Waals surface area contributed by atoms with Crippen molar-refractivity contribution < 1.29 is 18.0 Å². The maximum atomic E-state index is 12.9. The number of aromatic nitrogens is 3. The van der Waals surface area contributed by atoms with E-state index in [0.29, 0.717) is 24.9 Å². The number of hydrogen-bond acceptors (Lipinski definition) is 4. The molecule has 1 aromatic heterocycles. The summed E-state index contributed by atoms with van der Waals surface area (Å²) in [5.41, 5.74) is -0.401. The number of nitrogens with one attached hydrogen (secondary N) is 1. The normalized spacial score (nSPS) is 23.1. The highest BCUT2D eigenvalue weighted by molar-refractivity contribution is 5.92. The molecule has 2 aliphatic heterocycles. The van der Waals surface area contributed by atoms with Crippen LogP contribution in [-0.4, -0.2) is 52.0 Å². The fourth-order valence-electron chi connectivity index (χ4n) is 3.90. The molecule has 2 saturated heterocycles. The fourth-order valence-corrected chi connectivity index (χ4v) is 3.90. The molecular weight excluding hydrogens is 359 g/mol. The topological polar surface area (TPSA) is 63.1 Å². The van der Waals surface area contributed by atoms with E-state index in [1.54, 1.807) is 4.90 Å². The molecule has 2 aromatic rings. The van der Waals surface area contributed by atoms with Gasteiger partial charge in [0.25, 0.3) is 5.91 Å². The van der Waals surface area contributed by atoms with E-state index in [9.17, 15) is 18.0 Å². The number of nitrogens with zero attached hydrogens (tertiary/aromatic N) is 4. The van der Waals surface area contributed by atoms with Crippen LogP contribution in [0.1, 0.15) is 28.9 Å². The van der Waals surface area contributed by atoms with Crippen LogP contribution in [0.15, 0.2) is 30.5 Å². The van der Waals surface area contributed by atoms with Crippen molar-refractivity contribution in [3.63, 3.8) is 0 Å². The first-order valence-corrected chi connectivity index (χ1v) is 9.02. The zero-order valence-corrected chi connectivity index (χ0v) is 14.6. The van der Waals surface area contributed by atoms with Gasteiger partial charge in [-0.2, -0.15) is 13.2 Å². The largest absolute Gasteiger partial charge is 0.416 e. The second-order valence-corrected chi connectivity index (χ2v) is 7.14. The Morgan fingerprint density at radius 1 is 1.15 bits per heavy atom. The van der Waals surface area contributed by atoms with E-state index in [2.05, 4.69) is 15.6 Å². The van der Waals surface area contributed by atoms with E-state index in [1.807, 2.05) is 0 Å². The third-order valence-corrected chi connectivity index (χ3v) is 5.46. The van der Waals surface area contributed by atoms with Gasteiger partial charge in [-0.3, -0.25) is 4.79 Å². The van der Waals surface area contributed by atoms with Gasteiger partial charge in [-0.05, 0) is 56.0 Å². The molecule has 0 unspecified atom stereocenters. The zero-order valence-electron chi connectivity index (χ0n) is 14.6. The highest BCUT2D eigenvalue weighted by Crippen LogP contribution is 2.30. The van der Waals surface area contributed by atoms with Crippen LogP contribution < -0.4 is 5.32 Å². The summed E-state index contributed by atoms with van der Waals surface area (Å²) in [6, 6.07) is 4.79. The van der Waals surface area contributed by atoms with Gasteiger partial charge in [0.1, 0.15) is 0 Å². The molecule has 144 valence electrons. The molecular formula is C18H20F3N5O. The highest BCUT2D eigenvalue weighted by Gasteiger charge is 2.33. The molecule has 2 fully saturated rings. The average molecular weight is 379 g/mol. The standard InChI is InChI=1S/C18H20F3N5O/c19-18(20,21)14-2-1-3-15(8-14)26-11-16(23-24-26)17(27)25-6-4-12-9-22-10-13(12)5-7-25/h1-3,8,11-13,22H,4-7,9-10H2/t12-,13+. The van der Waals surface area contributed by atoms with E-state index in [0.717, 1.165) is 38.1 Å². The number of halogens is 3. The Hall–Kier alpha value is -2.42. The molecule has 1 N–H and O–H groups in total. The summed E-state index contributed by atoms with van der Waals surface area (Å²) in [6.07, 6.45) is -1.14. The van der Waals surface area contributed by atoms with Gasteiger partial charge >= 0.3 is 6.18 Å². The number of amides is 1. The maximum Gasteiger partial charge on any atom is 0.416 e. The number of likely N-dealkylation sites (tertiary alicyclic amines) is 1. The predicted octanol–water partition coefficient (Wildman–Crippen LogP) is 2.36. The smallest absolute Gasteiger partial charge is 0.337 e. The van der Waals surface area contributed by atoms with Crippen LogP contribution in [0.25, 0.3) is 5.69 Å². The van der Waals surface area contributed by atoms with Gasteiger partial charge in [-0.25, -0.2) is 4.68 Å². The summed E-state index contributed by atoms with van der Waals surface area (Å²) in [5, 5.41) is 11.1. The lowest BCUT2D eigenvalue weighted by Crippen LogP contribution is -2.33. The maximum absolute atomic E-state index is 12.9. The molecule has 9 heteroatoms. The minimum absolute atomic E-state index is 0.151. The molecule has 2 aliphatic rings. The number of alkyl halides is 3. The number of rotatable bonds is 2. The van der Waals surface area contributed by atoms with Crippen LogP contribution >= 0.6 is 0 Å². The first kappa shape index (κ1) is 18.0. The lowest BCUT2D eigenvalue weighted by Gasteiger charge is -2.19. The van der Waals surface area contributed by atoms with E-state index in [1.165, 1.54) is 23.0 Å². The minimum atomic E-state index is -4.44. The quantitative estimate of drug-likeness (QED) is 0.870. The Morgan fingerprint density at radius 2 is 1.85 bits per heavy atom. The Balaban J connectivity index is 1.50. The molecule has 0 radical (unpaired) electrons. The summed E-state index contributed by atoms with van der Waals surface area (Å²) in [5.74, 6) is 0.980. The predicted molar refractivity (Wildman–Crippen MR) is 91.3 cm³/mol. The summed E-state index contributed by atoms with van der Waals surface area (Å²) >= 11 is 0. The Morgan fingerprint density at radius 3 is 2.52 bits per heavy atom. The van der Waals surface area contributed by atoms with Crippen molar-refractivity contribution in [2.75, 3.05) is 26.2 Å². The van der Waals surface area contributed by atoms with Crippen molar-refractivity contribution in [1.82, 2.24) is 25.2 Å². The fraction of sp³-hybridized carbons (Fsp3) is 0.500. The number of carbonyl (C=O) groups is 1. The van der Waals surface area contributed by atoms with Crippen LogP contribution in [-0.2, 0) is 6.18 Å². The van der Waals surface area contributed by atoms with Crippen LogP contribution in [0.2, 0.25) is 0 Å². The molecule has 1 amide bonds. The minimum Gasteiger partial charge on any atom is -0.337 e. The van der Waals surface area contributed by atoms with Crippen molar-refractivity contribution in [3.8, 4) is 5.69 Å². The van der Waals surface area contributed by atoms with E-state index >= 15 is 0 Å². The van der Waals surface area contributed by atoms with Gasteiger partial charge in [0, 0.05) is 13.1 Å². The lowest BCUT2D eigenvalue weighted by atomic mass is 9.92. The Bertz CT molecular complexity index is 820. The van der Waals surface area contributed by atoms with Gasteiger partial charge in [-0.15, -0.1) is 5.10 Å². The van der Waals surface area contributed by atoms with Gasteiger partial charge in [-0.1, -0.05) is 11.3 Å². The molecule has 0 saturated carbocycles. The van der Waals surface area contributed by atoms with Gasteiger partial charge < -0.3 is 10.2 Å². The Labute approximate surface area is 154 Å². The molecule has 0 spiro atoms. The lowest BCUT2D eigenvalue weighted by molar-refractivity contribution is -0.137. The molecule has 3 heterocycles. The van der Waals surface area contributed by atoms with Gasteiger partial charge in [0.15, 0.2) is 5.69 Å². The molecule has 6 nitrogen and oxygen atoms in total. The number of hydrogen-bond donors (Lipinski definition) is 1. The van der Waals surface area contributed by atoms with Crippen molar-refractivity contribution in [2.24, 2.45) is 11.8 Å². The molecule has 1 aromatic carbocycles. The van der Waals surface area contributed by atoms with Gasteiger partial charge in [0.2, 0.25) is 0 Å². The third-order valence-electron chi connectivity index (χ3n) is 5.46. The summed E-state index contributed by atoms with van der Waals surface area (Å²) < 4.78 is 39.9. The van der Waals surface area contributed by atoms with Gasteiger partial charge in [0.05, 0.1) is 17.4 Å². The number of benzene rings is 1. The van der Waals surface area contributed by atoms with Crippen molar-refractivity contribution in [2.45, 2.75) is 19.0 Å². The van der Waals surface area contributed by atoms with E-state index < -0.39 is 11.7 Å². The van der Waals surface area contributed by atoms with E-state index in [4.69, 9.17) is 0 Å². The monoisotopic (exact) mass is 379 g/mol. The van der Waals surface area contributed by atoms with Crippen LogP contribution in [0.5, 0.6) is 0 Å². The van der Waals surface area contributed by atoms with Crippen molar-refractivity contribution in [3.05, 3.63) is 41.7 Å². The first-order valence-electron chi connectivity index (χ1n) is 9.02. The van der Waals surface area contributed by atoms with E-state index in [-0.39, 0.29) is 17.3 Å². The second kappa shape index (κ2) is 6.95. The van der Waals surface area contributed by atoms with Crippen LogP contribution in [0.4, 0.5) is 13.2 Å². The molecule has 2 atom stereocenters. The van der Waals surface area contributed by atoms with Crippen molar-refractivity contribution in [1.29, 1.82) is 0 Å². The van der Waals surface area contributed by atoms with Crippen molar-refractivity contribution >= 4 is 5.91 Å². The summed E-state index contributed by atoms with van der Waals surface area (Å²) in [7, 11) is 0. The molecule has 0 bridgehead atoms. The van der Waals surface area contributed by atoms with Crippen LogP contribution in [0.3, 0.4) is 0 Å². The second-order valence-electron chi connectivity index (χ2n) is 7.14. The number of fused-ring (bicyclic) bond motifs is 1. The summed E-state index contributed by atoms with van der Waals surface area (Å²) in [6.45, 7) is 3.33.